The third kappa shape index (κ3) is 6.60. The van der Waals surface area contributed by atoms with E-state index in [4.69, 9.17) is 15.2 Å². The Kier molecular flexibility index (Phi) is 9.17. The molecular formula is C35H34N4O7S2. The highest BCUT2D eigenvalue weighted by atomic mass is 32.2. The van der Waals surface area contributed by atoms with Crippen LogP contribution in [0, 0.1) is 0 Å². The molecule has 0 spiro atoms. The molecule has 3 aliphatic heterocycles. The summed E-state index contributed by atoms with van der Waals surface area (Å²) in [6.07, 6.45) is 0.469. The van der Waals surface area contributed by atoms with Crippen LogP contribution in [0.4, 0.5) is 9.80 Å². The lowest BCUT2D eigenvalue weighted by molar-refractivity contribution is -0.153. The number of benzene rings is 2. The maximum absolute atomic E-state index is 14.3. The van der Waals surface area contributed by atoms with Crippen LogP contribution >= 0.6 is 23.1 Å². The molecule has 0 aliphatic carbocycles. The van der Waals surface area contributed by atoms with E-state index in [1.54, 1.807) is 38.3 Å². The summed E-state index contributed by atoms with van der Waals surface area (Å²) in [4.78, 5) is 68.9. The van der Waals surface area contributed by atoms with E-state index in [1.165, 1.54) is 32.9 Å². The molecule has 0 radical (unpaired) electrons. The fourth-order valence-electron chi connectivity index (χ4n) is 5.77. The number of primary amides is 1. The van der Waals surface area contributed by atoms with E-state index in [0.29, 0.717) is 29.1 Å². The van der Waals surface area contributed by atoms with Gasteiger partial charge in [0.15, 0.2) is 6.10 Å². The quantitative estimate of drug-likeness (QED) is 0.193. The maximum Gasteiger partial charge on any atom is 0.408 e. The van der Waals surface area contributed by atoms with Gasteiger partial charge < -0.3 is 20.5 Å². The van der Waals surface area contributed by atoms with Crippen molar-refractivity contribution >= 4 is 57.9 Å². The number of rotatable bonds is 8. The van der Waals surface area contributed by atoms with Gasteiger partial charge in [-0.15, -0.1) is 23.1 Å². The molecule has 48 heavy (non-hydrogen) atoms. The number of fused-ring (bicyclic) bond motifs is 1. The number of hydrogen-bond donors (Lipinski definition) is 2. The maximum atomic E-state index is 14.3. The zero-order valence-electron chi connectivity index (χ0n) is 26.5. The first kappa shape index (κ1) is 33.0. The standard InChI is InChI=1S/C35H34N4O7S2/c1-35(2,3)46-34(44)37-25-30(42)39-26(33(43)45-27(20-10-6-4-7-11-20)21-12-8-5-9-13-21)23(19-48-32(25)39)18-22-14-16-38(29(22)41)31-24(28(36)40)15-17-47-31/h4-13,15,17-18,25,27,32H,14,16,19H2,1-3H3,(H2,36,40)(H,37,44)/b22-18+/t25-,32-/m1/s1. The number of ether oxygens (including phenoxy) is 2. The van der Waals surface area contributed by atoms with Crippen LogP contribution in [0.1, 0.15) is 54.8 Å². The van der Waals surface area contributed by atoms with Crippen molar-refractivity contribution in [2.75, 3.05) is 17.2 Å². The SMILES string of the molecule is CC(C)(C)OC(=O)N[C@@H]1C(=O)N2C(C(=O)OC(c3ccccc3)c3ccccc3)=C(/C=C3\CCN(c4sccc4C(N)=O)C3=O)CS[C@H]12. The van der Waals surface area contributed by atoms with E-state index in [0.717, 1.165) is 11.1 Å². The van der Waals surface area contributed by atoms with Crippen LogP contribution in [0.2, 0.25) is 0 Å². The predicted molar refractivity (Wildman–Crippen MR) is 182 cm³/mol. The Morgan fingerprint density at radius 1 is 1.00 bits per heavy atom. The number of thioether (sulfide) groups is 1. The van der Waals surface area contributed by atoms with Crippen molar-refractivity contribution in [3.8, 4) is 0 Å². The van der Waals surface area contributed by atoms with Gasteiger partial charge in [-0.25, -0.2) is 9.59 Å². The predicted octanol–water partition coefficient (Wildman–Crippen LogP) is 4.91. The first-order valence-electron chi connectivity index (χ1n) is 15.3. The Hall–Kier alpha value is -4.88. The summed E-state index contributed by atoms with van der Waals surface area (Å²) >= 11 is 2.60. The second kappa shape index (κ2) is 13.3. The number of β-lactam (4-membered cyclic amide) rings is 1. The van der Waals surface area contributed by atoms with Gasteiger partial charge in [0.2, 0.25) is 0 Å². The minimum absolute atomic E-state index is 0.00977. The Balaban J connectivity index is 1.35. The Bertz CT molecular complexity index is 1790. The van der Waals surface area contributed by atoms with Crippen molar-refractivity contribution in [3.05, 3.63) is 112 Å². The van der Waals surface area contributed by atoms with Crippen LogP contribution in [-0.2, 0) is 23.9 Å². The molecule has 2 saturated heterocycles. The molecule has 4 heterocycles. The van der Waals surface area contributed by atoms with Crippen LogP contribution < -0.4 is 16.0 Å². The highest BCUT2D eigenvalue weighted by Crippen LogP contribution is 2.43. The number of esters is 1. The molecule has 2 fully saturated rings. The largest absolute Gasteiger partial charge is 0.448 e. The summed E-state index contributed by atoms with van der Waals surface area (Å²) in [5.74, 6) is -1.93. The Labute approximate surface area is 285 Å². The monoisotopic (exact) mass is 686 g/mol. The molecule has 1 aromatic heterocycles. The van der Waals surface area contributed by atoms with E-state index in [2.05, 4.69) is 5.32 Å². The highest BCUT2D eigenvalue weighted by molar-refractivity contribution is 8.00. The van der Waals surface area contributed by atoms with E-state index in [1.807, 2.05) is 60.7 Å². The lowest BCUT2D eigenvalue weighted by Gasteiger charge is -2.49. The van der Waals surface area contributed by atoms with Gasteiger partial charge in [0, 0.05) is 17.9 Å². The second-order valence-corrected chi connectivity index (χ2v) is 14.4. The number of hydrogen-bond acceptors (Lipinski definition) is 9. The van der Waals surface area contributed by atoms with Crippen LogP contribution in [-0.4, -0.2) is 64.0 Å². The smallest absolute Gasteiger partial charge is 0.408 e. The molecule has 2 aromatic carbocycles. The minimum atomic E-state index is -0.921. The number of nitrogens with two attached hydrogens (primary N) is 1. The molecule has 2 atom stereocenters. The van der Waals surface area contributed by atoms with Crippen molar-refractivity contribution in [1.82, 2.24) is 10.2 Å². The molecular weight excluding hydrogens is 653 g/mol. The molecule has 0 saturated carbocycles. The van der Waals surface area contributed by atoms with Crippen molar-refractivity contribution in [2.45, 2.75) is 50.3 Å². The van der Waals surface area contributed by atoms with E-state index in [9.17, 15) is 24.0 Å². The van der Waals surface area contributed by atoms with Crippen LogP contribution in [0.3, 0.4) is 0 Å². The third-order valence-corrected chi connectivity index (χ3v) is 10.2. The molecule has 11 nitrogen and oxygen atoms in total. The molecule has 13 heteroatoms. The van der Waals surface area contributed by atoms with Gasteiger partial charge in [-0.3, -0.25) is 24.2 Å². The fourth-order valence-corrected chi connectivity index (χ4v) is 8.01. The van der Waals surface area contributed by atoms with Crippen molar-refractivity contribution in [1.29, 1.82) is 0 Å². The molecule has 3 aliphatic rings. The topological polar surface area (TPSA) is 148 Å². The number of anilines is 1. The second-order valence-electron chi connectivity index (χ2n) is 12.4. The normalized spacial score (nSPS) is 20.1. The summed E-state index contributed by atoms with van der Waals surface area (Å²) in [7, 11) is 0. The van der Waals surface area contributed by atoms with Crippen molar-refractivity contribution < 1.29 is 33.4 Å². The fraction of sp³-hybridized carbons (Fsp3) is 0.286. The summed E-state index contributed by atoms with van der Waals surface area (Å²) < 4.78 is 11.6. The van der Waals surface area contributed by atoms with E-state index in [-0.39, 0.29) is 22.9 Å². The Morgan fingerprint density at radius 2 is 1.65 bits per heavy atom. The van der Waals surface area contributed by atoms with Gasteiger partial charge in [0.1, 0.15) is 27.7 Å². The zero-order chi connectivity index (χ0) is 34.2. The summed E-state index contributed by atoms with van der Waals surface area (Å²) in [6, 6.07) is 19.2. The number of allylic oxidation sites excluding steroid dienone is 1. The van der Waals surface area contributed by atoms with Gasteiger partial charge in [-0.05, 0) is 61.4 Å². The number of amides is 4. The molecule has 248 valence electrons. The first-order valence-corrected chi connectivity index (χ1v) is 17.2. The number of nitrogens with one attached hydrogen (secondary N) is 1. The van der Waals surface area contributed by atoms with Crippen LogP contribution in [0.15, 0.2) is 95.0 Å². The molecule has 6 rings (SSSR count). The van der Waals surface area contributed by atoms with Gasteiger partial charge >= 0.3 is 12.1 Å². The average molecular weight is 687 g/mol. The average Bonchev–Trinajstić information content (AvgIpc) is 3.69. The first-order chi connectivity index (χ1) is 22.9. The lowest BCUT2D eigenvalue weighted by Crippen LogP contribution is -2.70. The summed E-state index contributed by atoms with van der Waals surface area (Å²) in [6.45, 7) is 5.49. The van der Waals surface area contributed by atoms with Crippen molar-refractivity contribution in [3.63, 3.8) is 0 Å². The molecule has 3 N–H and O–H groups in total. The highest BCUT2D eigenvalue weighted by Gasteiger charge is 2.55. The van der Waals surface area contributed by atoms with E-state index < -0.39 is 47.0 Å². The molecule has 3 aromatic rings. The number of nitrogens with zero attached hydrogens (tertiary/aromatic N) is 2. The van der Waals surface area contributed by atoms with Crippen LogP contribution in [0.25, 0.3) is 0 Å². The van der Waals surface area contributed by atoms with Gasteiger partial charge in [-0.1, -0.05) is 60.7 Å². The molecule has 0 unspecified atom stereocenters. The number of carbonyl (C=O) groups is 5. The number of carbonyl (C=O) groups excluding carboxylic acids is 5. The van der Waals surface area contributed by atoms with E-state index >= 15 is 0 Å². The summed E-state index contributed by atoms with van der Waals surface area (Å²) in [5, 5.41) is 4.21. The van der Waals surface area contributed by atoms with Crippen molar-refractivity contribution in [2.24, 2.45) is 5.73 Å². The number of thiophene rings is 1. The zero-order valence-corrected chi connectivity index (χ0v) is 28.1. The number of alkyl carbamates (subject to hydrolysis) is 1. The lowest BCUT2D eigenvalue weighted by atomic mass is 10.00. The van der Waals surface area contributed by atoms with Gasteiger partial charge in [-0.2, -0.15) is 0 Å². The minimum Gasteiger partial charge on any atom is -0.448 e. The van der Waals surface area contributed by atoms with Gasteiger partial charge in [0.05, 0.1) is 5.56 Å². The van der Waals surface area contributed by atoms with Crippen LogP contribution in [0.5, 0.6) is 0 Å². The Morgan fingerprint density at radius 3 is 2.25 bits per heavy atom. The molecule has 4 amide bonds. The molecule has 0 bridgehead atoms. The van der Waals surface area contributed by atoms with Gasteiger partial charge in [0.25, 0.3) is 17.7 Å². The summed E-state index contributed by atoms with van der Waals surface area (Å²) in [5.41, 5.74) is 7.37. The third-order valence-electron chi connectivity index (χ3n) is 7.92.